The molecule has 154 valence electrons. The molecule has 1 aliphatic rings. The van der Waals surface area contributed by atoms with Crippen LogP contribution >= 0.6 is 0 Å². The summed E-state index contributed by atoms with van der Waals surface area (Å²) in [4.78, 5) is 16.6. The first kappa shape index (κ1) is 19.7. The highest BCUT2D eigenvalue weighted by atomic mass is 19.1. The van der Waals surface area contributed by atoms with E-state index in [9.17, 15) is 13.6 Å². The third kappa shape index (κ3) is 4.87. The van der Waals surface area contributed by atoms with E-state index in [1.54, 1.807) is 18.2 Å². The average Bonchev–Trinajstić information content (AvgIpc) is 3.41. The molecule has 0 saturated carbocycles. The molecule has 2 heterocycles. The Morgan fingerprint density at radius 3 is 2.47 bits per heavy atom. The van der Waals surface area contributed by atoms with E-state index in [2.05, 4.69) is 25.8 Å². The third-order valence-electron chi connectivity index (χ3n) is 4.55. The van der Waals surface area contributed by atoms with E-state index in [1.165, 1.54) is 36.4 Å². The van der Waals surface area contributed by atoms with E-state index in [0.29, 0.717) is 24.7 Å². The maximum atomic E-state index is 13.1. The number of aromatic amines is 1. The molecule has 0 spiro atoms. The molecule has 1 saturated heterocycles. The van der Waals surface area contributed by atoms with Crippen molar-refractivity contribution in [1.82, 2.24) is 15.5 Å². The van der Waals surface area contributed by atoms with Gasteiger partial charge in [0.25, 0.3) is 5.91 Å². The van der Waals surface area contributed by atoms with Crippen molar-refractivity contribution in [2.45, 2.75) is 12.5 Å². The highest BCUT2D eigenvalue weighted by molar-refractivity contribution is 6.06. The molecule has 0 bridgehead atoms. The van der Waals surface area contributed by atoms with Crippen molar-refractivity contribution >= 4 is 17.7 Å². The van der Waals surface area contributed by atoms with Gasteiger partial charge in [0.1, 0.15) is 11.6 Å². The van der Waals surface area contributed by atoms with Gasteiger partial charge < -0.3 is 15.4 Å². The number of rotatable bonds is 4. The van der Waals surface area contributed by atoms with E-state index in [4.69, 9.17) is 4.74 Å². The molecule has 1 fully saturated rings. The number of nitrogens with zero attached hydrogens (tertiary/aromatic N) is 2. The first-order valence-electron chi connectivity index (χ1n) is 9.38. The molecule has 1 aromatic heterocycles. The standard InChI is InChI=1S/C21H19F2N5O2/c22-15-5-1-13(2-6-15)18-11-19(28-27-18)25-21(24-17-9-10-30-12-17)26-20(29)14-3-7-16(23)8-4-14/h1-8,11,17H,9-10,12H2,(H3,24,25,26,27,28,29)/t17-/m1/s1. The van der Waals surface area contributed by atoms with Crippen LogP contribution in [0, 0.1) is 11.6 Å². The number of H-pyrrole nitrogens is 1. The fraction of sp³-hybridized carbons (Fsp3) is 0.190. The first-order chi connectivity index (χ1) is 14.6. The van der Waals surface area contributed by atoms with Crippen LogP contribution in [-0.4, -0.2) is 41.3 Å². The van der Waals surface area contributed by atoms with Crippen LogP contribution in [0.15, 0.2) is 59.6 Å². The zero-order valence-electron chi connectivity index (χ0n) is 15.9. The second-order valence-electron chi connectivity index (χ2n) is 6.78. The van der Waals surface area contributed by atoms with Gasteiger partial charge in [-0.2, -0.15) is 10.1 Å². The van der Waals surface area contributed by atoms with Crippen molar-refractivity contribution in [3.8, 4) is 11.3 Å². The highest BCUT2D eigenvalue weighted by Gasteiger charge is 2.19. The van der Waals surface area contributed by atoms with Crippen molar-refractivity contribution in [1.29, 1.82) is 0 Å². The van der Waals surface area contributed by atoms with Crippen LogP contribution in [0.1, 0.15) is 16.8 Å². The molecule has 1 aliphatic heterocycles. The largest absolute Gasteiger partial charge is 0.379 e. The topological polar surface area (TPSA) is 91.4 Å². The van der Waals surface area contributed by atoms with Gasteiger partial charge in [0.05, 0.1) is 18.3 Å². The number of aromatic nitrogens is 2. The molecule has 4 rings (SSSR count). The lowest BCUT2D eigenvalue weighted by Gasteiger charge is -2.14. The third-order valence-corrected chi connectivity index (χ3v) is 4.55. The molecular formula is C21H19F2N5O2. The Labute approximate surface area is 171 Å². The Morgan fingerprint density at radius 2 is 1.80 bits per heavy atom. The Bertz CT molecular complexity index is 1040. The summed E-state index contributed by atoms with van der Waals surface area (Å²) >= 11 is 0. The minimum atomic E-state index is -0.529. The zero-order chi connectivity index (χ0) is 20.9. The fourth-order valence-electron chi connectivity index (χ4n) is 2.98. The van der Waals surface area contributed by atoms with Crippen LogP contribution < -0.4 is 10.6 Å². The Balaban J connectivity index is 1.54. The highest BCUT2D eigenvalue weighted by Crippen LogP contribution is 2.20. The first-order valence-corrected chi connectivity index (χ1v) is 9.38. The van der Waals surface area contributed by atoms with Crippen LogP contribution in [-0.2, 0) is 4.74 Å². The van der Waals surface area contributed by atoms with Crippen LogP contribution in [0.5, 0.6) is 0 Å². The molecule has 9 heteroatoms. The van der Waals surface area contributed by atoms with E-state index in [0.717, 1.165) is 12.0 Å². The number of carbonyl (C=O) groups excluding carboxylic acids is 1. The van der Waals surface area contributed by atoms with Gasteiger partial charge in [0, 0.05) is 18.2 Å². The van der Waals surface area contributed by atoms with Crippen LogP contribution in [0.4, 0.5) is 14.6 Å². The summed E-state index contributed by atoms with van der Waals surface area (Å²) in [7, 11) is 0. The summed E-state index contributed by atoms with van der Waals surface area (Å²) in [6.07, 6.45) is 0.771. The summed E-state index contributed by atoms with van der Waals surface area (Å²) in [6.45, 7) is 1.11. The van der Waals surface area contributed by atoms with Gasteiger partial charge in [0.15, 0.2) is 5.82 Å². The second-order valence-corrected chi connectivity index (χ2v) is 6.78. The summed E-state index contributed by atoms with van der Waals surface area (Å²) in [5, 5.41) is 13.2. The number of anilines is 1. The molecule has 1 atom stereocenters. The summed E-state index contributed by atoms with van der Waals surface area (Å²) in [5.74, 6) is -0.658. The van der Waals surface area contributed by atoms with Crippen LogP contribution in [0.25, 0.3) is 11.3 Å². The molecular weight excluding hydrogens is 392 g/mol. The van der Waals surface area contributed by atoms with Crippen molar-refractivity contribution in [3.05, 3.63) is 71.8 Å². The van der Waals surface area contributed by atoms with Crippen LogP contribution in [0.3, 0.4) is 0 Å². The summed E-state index contributed by atoms with van der Waals surface area (Å²) in [6, 6.07) is 12.9. The van der Waals surface area contributed by atoms with Crippen molar-refractivity contribution in [2.75, 3.05) is 18.5 Å². The number of amides is 1. The Morgan fingerprint density at radius 1 is 1.10 bits per heavy atom. The predicted octanol–water partition coefficient (Wildman–Crippen LogP) is 3.34. The fourth-order valence-corrected chi connectivity index (χ4v) is 2.98. The van der Waals surface area contributed by atoms with Crippen molar-refractivity contribution < 1.29 is 18.3 Å². The van der Waals surface area contributed by atoms with Crippen LogP contribution in [0.2, 0.25) is 0 Å². The van der Waals surface area contributed by atoms with Gasteiger partial charge in [-0.15, -0.1) is 0 Å². The summed E-state index contributed by atoms with van der Waals surface area (Å²) in [5.41, 5.74) is 1.69. The summed E-state index contributed by atoms with van der Waals surface area (Å²) < 4.78 is 31.6. The number of aliphatic imine (C=N–C) groups is 1. The normalized spacial score (nSPS) is 16.5. The number of carbonyl (C=O) groups is 1. The smallest absolute Gasteiger partial charge is 0.280 e. The lowest BCUT2D eigenvalue weighted by Crippen LogP contribution is -2.40. The number of benzene rings is 2. The number of halogens is 2. The maximum Gasteiger partial charge on any atom is 0.280 e. The molecule has 0 aliphatic carbocycles. The number of hydrogen-bond acceptors (Lipinski definition) is 3. The van der Waals surface area contributed by atoms with E-state index < -0.39 is 11.7 Å². The van der Waals surface area contributed by atoms with Gasteiger partial charge in [-0.1, -0.05) is 0 Å². The Kier molecular flexibility index (Phi) is 5.80. The minimum absolute atomic E-state index is 0.00669. The molecule has 0 radical (unpaired) electrons. The molecule has 7 nitrogen and oxygen atoms in total. The molecule has 0 unspecified atom stereocenters. The number of hydrogen-bond donors (Lipinski definition) is 3. The molecule has 30 heavy (non-hydrogen) atoms. The lowest BCUT2D eigenvalue weighted by atomic mass is 10.1. The van der Waals surface area contributed by atoms with E-state index in [1.807, 2.05) is 0 Å². The molecule has 3 N–H and O–H groups in total. The number of guanidine groups is 1. The molecule has 1 amide bonds. The lowest BCUT2D eigenvalue weighted by molar-refractivity contribution is 0.100. The van der Waals surface area contributed by atoms with Crippen molar-refractivity contribution in [3.63, 3.8) is 0 Å². The monoisotopic (exact) mass is 411 g/mol. The molecule has 2 aromatic carbocycles. The van der Waals surface area contributed by atoms with Gasteiger partial charge >= 0.3 is 0 Å². The zero-order valence-corrected chi connectivity index (χ0v) is 15.9. The predicted molar refractivity (Wildman–Crippen MR) is 108 cm³/mol. The quantitative estimate of drug-likeness (QED) is 0.453. The van der Waals surface area contributed by atoms with Crippen molar-refractivity contribution in [2.24, 2.45) is 4.99 Å². The SMILES string of the molecule is O=C(/N=C(\Nc1cc(-c2ccc(F)cc2)[nH]n1)N[C@@H]1CCOC1)c1ccc(F)cc1. The average molecular weight is 411 g/mol. The minimum Gasteiger partial charge on any atom is -0.379 e. The van der Waals surface area contributed by atoms with E-state index in [-0.39, 0.29) is 23.4 Å². The van der Waals surface area contributed by atoms with Gasteiger partial charge in [-0.05, 0) is 60.5 Å². The van der Waals surface area contributed by atoms with Gasteiger partial charge in [-0.25, -0.2) is 8.78 Å². The maximum absolute atomic E-state index is 13.1. The number of ether oxygens (including phenoxy) is 1. The molecule has 3 aromatic rings. The Hall–Kier alpha value is -3.59. The van der Waals surface area contributed by atoms with Gasteiger partial charge in [-0.3, -0.25) is 9.89 Å². The van der Waals surface area contributed by atoms with Gasteiger partial charge in [0.2, 0.25) is 5.96 Å². The number of nitrogens with one attached hydrogen (secondary N) is 3. The second kappa shape index (κ2) is 8.83. The van der Waals surface area contributed by atoms with E-state index >= 15 is 0 Å².